The Morgan fingerprint density at radius 2 is 2.05 bits per heavy atom. The lowest BCUT2D eigenvalue weighted by molar-refractivity contribution is -0.122. The summed E-state index contributed by atoms with van der Waals surface area (Å²) >= 11 is 0. The van der Waals surface area contributed by atoms with Crippen LogP contribution in [0.2, 0.25) is 0 Å². The number of piperidine rings is 1. The molecule has 7 nitrogen and oxygen atoms in total. The van der Waals surface area contributed by atoms with Crippen LogP contribution in [0.5, 0.6) is 0 Å². The summed E-state index contributed by atoms with van der Waals surface area (Å²) in [4.78, 5) is 29.6. The van der Waals surface area contributed by atoms with Crippen molar-refractivity contribution >= 4 is 21.7 Å². The van der Waals surface area contributed by atoms with Gasteiger partial charge in [0.2, 0.25) is 0 Å². The molecule has 0 bridgehead atoms. The van der Waals surface area contributed by atoms with Gasteiger partial charge in [-0.15, -0.1) is 0 Å². The third kappa shape index (κ3) is 3.33. The van der Waals surface area contributed by atoms with Gasteiger partial charge < -0.3 is 4.90 Å². The normalized spacial score (nSPS) is 19.0. The number of amides is 1. The lowest BCUT2D eigenvalue weighted by atomic mass is 9.98. The molecule has 1 saturated heterocycles. The van der Waals surface area contributed by atoms with E-state index in [1.807, 2.05) is 0 Å². The highest BCUT2D eigenvalue weighted by atomic mass is 32.2. The molecule has 1 aliphatic heterocycles. The van der Waals surface area contributed by atoms with Gasteiger partial charge in [-0.3, -0.25) is 9.59 Å². The lowest BCUT2D eigenvalue weighted by Crippen LogP contribution is -2.47. The second-order valence-electron chi connectivity index (χ2n) is 5.21. The van der Waals surface area contributed by atoms with Crippen molar-refractivity contribution in [2.75, 3.05) is 13.6 Å². The number of carbonyl (C=O) groups is 2. The Bertz CT molecular complexity index is 670. The molecule has 1 aromatic heterocycles. The van der Waals surface area contributed by atoms with Crippen molar-refractivity contribution in [3.05, 3.63) is 23.9 Å². The van der Waals surface area contributed by atoms with Crippen molar-refractivity contribution in [2.24, 2.45) is 0 Å². The molecular weight excluding hydrogens is 306 g/mol. The molecule has 120 valence electrons. The van der Waals surface area contributed by atoms with E-state index < -0.39 is 16.1 Å². The van der Waals surface area contributed by atoms with Crippen LogP contribution in [0.15, 0.2) is 23.4 Å². The number of nitrogens with one attached hydrogen (secondary N) is 1. The highest BCUT2D eigenvalue weighted by Crippen LogP contribution is 2.20. The molecule has 2 heterocycles. The number of likely N-dealkylation sites (tertiary alicyclic amines) is 1. The number of ketones is 1. The number of aromatic nitrogens is 1. The largest absolute Gasteiger partial charge is 0.329 e. The van der Waals surface area contributed by atoms with Crippen LogP contribution < -0.4 is 4.72 Å². The molecule has 22 heavy (non-hydrogen) atoms. The molecule has 1 amide bonds. The van der Waals surface area contributed by atoms with Crippen LogP contribution in [0, 0.1) is 0 Å². The van der Waals surface area contributed by atoms with Crippen LogP contribution in [-0.4, -0.2) is 49.6 Å². The van der Waals surface area contributed by atoms with E-state index in [1.54, 1.807) is 4.90 Å². The Labute approximate surface area is 129 Å². The predicted molar refractivity (Wildman–Crippen MR) is 79.8 cm³/mol. The van der Waals surface area contributed by atoms with Crippen LogP contribution in [0.4, 0.5) is 0 Å². The molecule has 1 atom stereocenters. The second-order valence-corrected chi connectivity index (χ2v) is 7.05. The summed E-state index contributed by atoms with van der Waals surface area (Å²) in [5.74, 6) is -0.323. The first kappa shape index (κ1) is 16.6. The fourth-order valence-corrected chi connectivity index (χ4v) is 3.18. The van der Waals surface area contributed by atoms with Crippen molar-refractivity contribution in [2.45, 2.75) is 37.3 Å². The molecule has 1 aliphatic rings. The Morgan fingerprint density at radius 1 is 1.32 bits per heavy atom. The Hall–Kier alpha value is -1.80. The van der Waals surface area contributed by atoms with E-state index in [0.29, 0.717) is 13.0 Å². The topological polar surface area (TPSA) is 96.4 Å². The summed E-state index contributed by atoms with van der Waals surface area (Å²) < 4.78 is 25.4. The van der Waals surface area contributed by atoms with E-state index in [9.17, 15) is 18.0 Å². The number of sulfonamides is 1. The van der Waals surface area contributed by atoms with Crippen LogP contribution in [0.3, 0.4) is 0 Å². The maximum absolute atomic E-state index is 12.5. The fourth-order valence-electron chi connectivity index (χ4n) is 2.53. The van der Waals surface area contributed by atoms with Gasteiger partial charge in [0.15, 0.2) is 10.8 Å². The van der Waals surface area contributed by atoms with Gasteiger partial charge in [0.1, 0.15) is 0 Å². The van der Waals surface area contributed by atoms with Crippen LogP contribution in [0.25, 0.3) is 0 Å². The van der Waals surface area contributed by atoms with E-state index in [4.69, 9.17) is 0 Å². The number of rotatable bonds is 4. The Kier molecular flexibility index (Phi) is 4.92. The Morgan fingerprint density at radius 3 is 2.59 bits per heavy atom. The average molecular weight is 325 g/mol. The molecule has 1 fully saturated rings. The zero-order valence-electron chi connectivity index (χ0n) is 12.6. The van der Waals surface area contributed by atoms with E-state index in [2.05, 4.69) is 9.71 Å². The zero-order chi connectivity index (χ0) is 16.3. The smallest absolute Gasteiger partial charge is 0.257 e. The summed E-state index contributed by atoms with van der Waals surface area (Å²) in [5.41, 5.74) is 0.281. The molecule has 0 saturated carbocycles. The number of hydrogen-bond donors (Lipinski definition) is 1. The van der Waals surface area contributed by atoms with Crippen molar-refractivity contribution < 1.29 is 18.0 Å². The maximum Gasteiger partial charge on any atom is 0.257 e. The van der Waals surface area contributed by atoms with E-state index in [-0.39, 0.29) is 22.3 Å². The minimum absolute atomic E-state index is 0.0320. The summed E-state index contributed by atoms with van der Waals surface area (Å²) in [6.45, 7) is 2.01. The van der Waals surface area contributed by atoms with Crippen molar-refractivity contribution in [1.82, 2.24) is 14.6 Å². The summed E-state index contributed by atoms with van der Waals surface area (Å²) in [7, 11) is -2.34. The molecule has 0 aliphatic carbocycles. The minimum Gasteiger partial charge on any atom is -0.329 e. The van der Waals surface area contributed by atoms with E-state index in [1.165, 1.54) is 32.3 Å². The molecule has 2 rings (SSSR count). The number of carbonyl (C=O) groups excluding carboxylic acids is 2. The fraction of sp³-hybridized carbons (Fsp3) is 0.500. The van der Waals surface area contributed by atoms with E-state index >= 15 is 0 Å². The van der Waals surface area contributed by atoms with Crippen molar-refractivity contribution in [1.29, 1.82) is 0 Å². The van der Waals surface area contributed by atoms with Gasteiger partial charge in [-0.05, 0) is 45.4 Å². The summed E-state index contributed by atoms with van der Waals surface area (Å²) in [6.07, 6.45) is 3.68. The van der Waals surface area contributed by atoms with E-state index in [0.717, 1.165) is 12.8 Å². The summed E-state index contributed by atoms with van der Waals surface area (Å²) in [6, 6.07) is 2.30. The standard InChI is InChI=1S/C14H19N3O4S/c1-10(18)12-5-3-4-8-17(12)14(19)11-6-7-13(16-9-11)22(20,21)15-2/h6-7,9,12,15H,3-5,8H2,1-2H3/t12-/m1/s1. The lowest BCUT2D eigenvalue weighted by Gasteiger charge is -2.34. The number of pyridine rings is 1. The first-order chi connectivity index (χ1) is 10.4. The zero-order valence-corrected chi connectivity index (χ0v) is 13.4. The van der Waals surface area contributed by atoms with Gasteiger partial charge in [0.25, 0.3) is 15.9 Å². The van der Waals surface area contributed by atoms with Gasteiger partial charge in [0.05, 0.1) is 11.6 Å². The number of hydrogen-bond acceptors (Lipinski definition) is 5. The first-order valence-electron chi connectivity index (χ1n) is 7.08. The first-order valence-corrected chi connectivity index (χ1v) is 8.56. The Balaban J connectivity index is 2.24. The average Bonchev–Trinajstić information content (AvgIpc) is 2.54. The van der Waals surface area contributed by atoms with Crippen LogP contribution >= 0.6 is 0 Å². The number of nitrogens with zero attached hydrogens (tertiary/aromatic N) is 2. The molecule has 0 aromatic carbocycles. The van der Waals surface area contributed by atoms with Gasteiger partial charge in [-0.25, -0.2) is 18.1 Å². The SMILES string of the molecule is CNS(=O)(=O)c1ccc(C(=O)N2CCCC[C@@H]2C(C)=O)cn1. The molecule has 8 heteroatoms. The predicted octanol–water partition coefficient (Wildman–Crippen LogP) is 0.573. The van der Waals surface area contributed by atoms with Crippen molar-refractivity contribution in [3.63, 3.8) is 0 Å². The quantitative estimate of drug-likeness (QED) is 0.873. The van der Waals surface area contributed by atoms with Gasteiger partial charge in [-0.1, -0.05) is 0 Å². The molecule has 1 N–H and O–H groups in total. The molecule has 0 unspecified atom stereocenters. The minimum atomic E-state index is -3.63. The number of Topliss-reactive ketones (excluding diaryl/α,β-unsaturated/α-hetero) is 1. The van der Waals surface area contributed by atoms with Gasteiger partial charge in [-0.2, -0.15) is 0 Å². The van der Waals surface area contributed by atoms with Gasteiger partial charge in [0, 0.05) is 12.7 Å². The third-order valence-corrected chi connectivity index (χ3v) is 5.09. The van der Waals surface area contributed by atoms with Gasteiger partial charge >= 0.3 is 0 Å². The van der Waals surface area contributed by atoms with Crippen LogP contribution in [-0.2, 0) is 14.8 Å². The molecule has 0 radical (unpaired) electrons. The second kappa shape index (κ2) is 6.53. The third-order valence-electron chi connectivity index (χ3n) is 3.76. The maximum atomic E-state index is 12.5. The molecule has 1 aromatic rings. The molecular formula is C14H19N3O4S. The van der Waals surface area contributed by atoms with Crippen LogP contribution in [0.1, 0.15) is 36.5 Å². The monoisotopic (exact) mass is 325 g/mol. The highest BCUT2D eigenvalue weighted by molar-refractivity contribution is 7.89. The highest BCUT2D eigenvalue weighted by Gasteiger charge is 2.30. The van der Waals surface area contributed by atoms with Crippen molar-refractivity contribution in [3.8, 4) is 0 Å². The molecule has 0 spiro atoms. The summed E-state index contributed by atoms with van der Waals surface area (Å²) in [5, 5.41) is -0.145.